The van der Waals surface area contributed by atoms with E-state index in [0.717, 1.165) is 12.1 Å². The summed E-state index contributed by atoms with van der Waals surface area (Å²) in [5.41, 5.74) is 1.98. The molecule has 0 bridgehead atoms. The van der Waals surface area contributed by atoms with Gasteiger partial charge in [0, 0.05) is 12.2 Å². The third-order valence-corrected chi connectivity index (χ3v) is 1.94. The van der Waals surface area contributed by atoms with Gasteiger partial charge in [0.05, 0.1) is 0 Å². The lowest BCUT2D eigenvalue weighted by Crippen LogP contribution is -2.29. The van der Waals surface area contributed by atoms with Gasteiger partial charge in [-0.2, -0.15) is 0 Å². The number of rotatable bonds is 4. The van der Waals surface area contributed by atoms with Crippen LogP contribution in [0.1, 0.15) is 12.0 Å². The summed E-state index contributed by atoms with van der Waals surface area (Å²) in [7, 11) is 0. The molecule has 1 rings (SSSR count). The van der Waals surface area contributed by atoms with Gasteiger partial charge >= 0.3 is 6.03 Å². The number of amides is 2. The Bertz CT molecular complexity index is 330. The van der Waals surface area contributed by atoms with Crippen molar-refractivity contribution in [2.45, 2.75) is 13.3 Å². The number of nitrogens with one attached hydrogen (secondary N) is 2. The summed E-state index contributed by atoms with van der Waals surface area (Å²) >= 11 is 0. The molecule has 0 spiro atoms. The van der Waals surface area contributed by atoms with Crippen LogP contribution in [0.4, 0.5) is 10.5 Å². The molecule has 80 valence electrons. The molecule has 3 nitrogen and oxygen atoms in total. The first kappa shape index (κ1) is 11.3. The maximum atomic E-state index is 11.3. The Morgan fingerprint density at radius 3 is 2.67 bits per heavy atom. The molecule has 0 aliphatic heterocycles. The van der Waals surface area contributed by atoms with Crippen molar-refractivity contribution in [3.63, 3.8) is 0 Å². The molecule has 0 heterocycles. The largest absolute Gasteiger partial charge is 0.338 e. The Balaban J connectivity index is 2.37. The van der Waals surface area contributed by atoms with Gasteiger partial charge in [-0.3, -0.25) is 0 Å². The van der Waals surface area contributed by atoms with Crippen LogP contribution in [0.25, 0.3) is 0 Å². The summed E-state index contributed by atoms with van der Waals surface area (Å²) < 4.78 is 0. The average Bonchev–Trinajstić information content (AvgIpc) is 2.22. The minimum absolute atomic E-state index is 0.180. The van der Waals surface area contributed by atoms with E-state index in [9.17, 15) is 4.79 Å². The fourth-order valence-electron chi connectivity index (χ4n) is 1.10. The molecular weight excluding hydrogens is 188 g/mol. The van der Waals surface area contributed by atoms with E-state index in [1.807, 2.05) is 31.2 Å². The molecule has 0 saturated heterocycles. The maximum absolute atomic E-state index is 11.3. The normalized spacial score (nSPS) is 9.40. The molecule has 0 unspecified atom stereocenters. The van der Waals surface area contributed by atoms with Gasteiger partial charge in [0.2, 0.25) is 0 Å². The van der Waals surface area contributed by atoms with E-state index < -0.39 is 0 Å². The molecule has 0 fully saturated rings. The van der Waals surface area contributed by atoms with Gasteiger partial charge in [0.1, 0.15) is 0 Å². The van der Waals surface area contributed by atoms with E-state index in [4.69, 9.17) is 0 Å². The fourth-order valence-corrected chi connectivity index (χ4v) is 1.10. The van der Waals surface area contributed by atoms with Crippen molar-refractivity contribution in [3.8, 4) is 0 Å². The first-order valence-electron chi connectivity index (χ1n) is 4.95. The molecule has 2 amide bonds. The van der Waals surface area contributed by atoms with E-state index in [2.05, 4.69) is 17.2 Å². The van der Waals surface area contributed by atoms with E-state index in [1.165, 1.54) is 5.56 Å². The molecule has 0 atom stereocenters. The smallest absolute Gasteiger partial charge is 0.319 e. The maximum Gasteiger partial charge on any atom is 0.319 e. The quantitative estimate of drug-likeness (QED) is 0.574. The van der Waals surface area contributed by atoms with Crippen LogP contribution in [-0.4, -0.2) is 12.6 Å². The van der Waals surface area contributed by atoms with E-state index in [-0.39, 0.29) is 6.03 Å². The summed E-state index contributed by atoms with van der Waals surface area (Å²) in [6.07, 6.45) is 2.55. The molecule has 0 aliphatic rings. The third-order valence-electron chi connectivity index (χ3n) is 1.94. The molecule has 1 aromatic rings. The van der Waals surface area contributed by atoms with Crippen LogP contribution < -0.4 is 10.6 Å². The number of carbonyl (C=O) groups excluding carboxylic acids is 1. The zero-order valence-electron chi connectivity index (χ0n) is 8.92. The fraction of sp³-hybridized carbons (Fsp3) is 0.250. The first-order valence-corrected chi connectivity index (χ1v) is 4.95. The first-order chi connectivity index (χ1) is 7.22. The van der Waals surface area contributed by atoms with E-state index in [1.54, 1.807) is 6.08 Å². The minimum Gasteiger partial charge on any atom is -0.338 e. The van der Waals surface area contributed by atoms with Crippen molar-refractivity contribution < 1.29 is 4.79 Å². The molecule has 0 aliphatic carbocycles. The highest BCUT2D eigenvalue weighted by Gasteiger charge is 1.98. The number of hydrogen-bond donors (Lipinski definition) is 2. The molecule has 1 aromatic carbocycles. The van der Waals surface area contributed by atoms with Crippen molar-refractivity contribution in [1.29, 1.82) is 0 Å². The summed E-state index contributed by atoms with van der Waals surface area (Å²) in [4.78, 5) is 11.3. The Kier molecular flexibility index (Phi) is 4.41. The third kappa shape index (κ3) is 4.31. The van der Waals surface area contributed by atoms with Crippen molar-refractivity contribution >= 4 is 11.7 Å². The lowest BCUT2D eigenvalue weighted by Gasteiger charge is -2.06. The SMILES string of the molecule is C=CCCNC(=O)Nc1ccc(C)cc1. The van der Waals surface area contributed by atoms with E-state index >= 15 is 0 Å². The summed E-state index contributed by atoms with van der Waals surface area (Å²) in [6, 6.07) is 7.49. The van der Waals surface area contributed by atoms with E-state index in [0.29, 0.717) is 6.54 Å². The zero-order chi connectivity index (χ0) is 11.1. The van der Waals surface area contributed by atoms with Crippen LogP contribution in [0.15, 0.2) is 36.9 Å². The highest BCUT2D eigenvalue weighted by Crippen LogP contribution is 2.07. The van der Waals surface area contributed by atoms with Crippen LogP contribution in [-0.2, 0) is 0 Å². The Morgan fingerprint density at radius 2 is 2.07 bits per heavy atom. The number of aryl methyl sites for hydroxylation is 1. The van der Waals surface area contributed by atoms with Gasteiger partial charge in [0.15, 0.2) is 0 Å². The summed E-state index contributed by atoms with van der Waals surface area (Å²) in [6.45, 7) is 6.20. The van der Waals surface area contributed by atoms with Gasteiger partial charge in [-0.1, -0.05) is 23.8 Å². The van der Waals surface area contributed by atoms with Crippen LogP contribution >= 0.6 is 0 Å². The van der Waals surface area contributed by atoms with Crippen LogP contribution in [0.5, 0.6) is 0 Å². The molecule has 3 heteroatoms. The number of urea groups is 1. The number of benzene rings is 1. The molecule has 2 N–H and O–H groups in total. The van der Waals surface area contributed by atoms with Crippen molar-refractivity contribution in [2.24, 2.45) is 0 Å². The molecule has 0 radical (unpaired) electrons. The second-order valence-corrected chi connectivity index (χ2v) is 3.32. The summed E-state index contributed by atoms with van der Waals surface area (Å²) in [5.74, 6) is 0. The van der Waals surface area contributed by atoms with Crippen molar-refractivity contribution in [2.75, 3.05) is 11.9 Å². The van der Waals surface area contributed by atoms with Gasteiger partial charge < -0.3 is 10.6 Å². The average molecular weight is 204 g/mol. The molecule has 0 aromatic heterocycles. The zero-order valence-corrected chi connectivity index (χ0v) is 8.92. The highest BCUT2D eigenvalue weighted by molar-refractivity contribution is 5.89. The van der Waals surface area contributed by atoms with Crippen molar-refractivity contribution in [1.82, 2.24) is 5.32 Å². The van der Waals surface area contributed by atoms with Gasteiger partial charge in [0.25, 0.3) is 0 Å². The highest BCUT2D eigenvalue weighted by atomic mass is 16.2. The van der Waals surface area contributed by atoms with Crippen LogP contribution in [0, 0.1) is 6.92 Å². The lowest BCUT2D eigenvalue weighted by atomic mass is 10.2. The second-order valence-electron chi connectivity index (χ2n) is 3.32. The Morgan fingerprint density at radius 1 is 1.40 bits per heavy atom. The molecule has 0 saturated carbocycles. The van der Waals surface area contributed by atoms with Crippen LogP contribution in [0.2, 0.25) is 0 Å². The lowest BCUT2D eigenvalue weighted by molar-refractivity contribution is 0.252. The molecule has 15 heavy (non-hydrogen) atoms. The standard InChI is InChI=1S/C12H16N2O/c1-3-4-9-13-12(15)14-11-7-5-10(2)6-8-11/h3,5-8H,1,4,9H2,2H3,(H2,13,14,15). The van der Waals surface area contributed by atoms with Gasteiger partial charge in [-0.25, -0.2) is 4.79 Å². The number of anilines is 1. The van der Waals surface area contributed by atoms with Crippen molar-refractivity contribution in [3.05, 3.63) is 42.5 Å². The predicted octanol–water partition coefficient (Wildman–Crippen LogP) is 2.69. The minimum atomic E-state index is -0.180. The molecular formula is C12H16N2O. The number of hydrogen-bond acceptors (Lipinski definition) is 1. The topological polar surface area (TPSA) is 41.1 Å². The van der Waals surface area contributed by atoms with Gasteiger partial charge in [-0.05, 0) is 25.5 Å². The summed E-state index contributed by atoms with van der Waals surface area (Å²) in [5, 5.41) is 5.47. The van der Waals surface area contributed by atoms with Crippen LogP contribution in [0.3, 0.4) is 0 Å². The predicted molar refractivity (Wildman–Crippen MR) is 63.0 cm³/mol. The second kappa shape index (κ2) is 5.86. The Hall–Kier alpha value is -1.77. The monoisotopic (exact) mass is 204 g/mol. The number of carbonyl (C=O) groups is 1. The van der Waals surface area contributed by atoms with Gasteiger partial charge in [-0.15, -0.1) is 6.58 Å². The Labute approximate surface area is 90.2 Å².